The largest absolute Gasteiger partial charge is 0.493 e. The molecule has 0 saturated carbocycles. The van der Waals surface area contributed by atoms with Crippen molar-refractivity contribution in [2.75, 3.05) is 20.2 Å². The molecule has 0 aliphatic carbocycles. The number of benzene rings is 1. The highest BCUT2D eigenvalue weighted by atomic mass is 16.5. The van der Waals surface area contributed by atoms with Gasteiger partial charge in [0, 0.05) is 5.39 Å². The molecule has 0 spiro atoms. The minimum absolute atomic E-state index is 0.684. The lowest BCUT2D eigenvalue weighted by Crippen LogP contribution is -2.21. The van der Waals surface area contributed by atoms with Gasteiger partial charge >= 0.3 is 0 Å². The van der Waals surface area contributed by atoms with Gasteiger partial charge in [0.15, 0.2) is 11.3 Å². The molecule has 104 valence electrons. The molecule has 0 aliphatic rings. The Morgan fingerprint density at radius 3 is 2.79 bits per heavy atom. The van der Waals surface area contributed by atoms with Gasteiger partial charge in [0.2, 0.25) is 0 Å². The highest BCUT2D eigenvalue weighted by molar-refractivity contribution is 5.87. The first-order valence-electron chi connectivity index (χ1n) is 6.87. The lowest BCUT2D eigenvalue weighted by atomic mass is 10.1. The molecule has 2 rings (SSSR count). The molecule has 3 heteroatoms. The smallest absolute Gasteiger partial charge is 0.175 e. The molecule has 3 nitrogen and oxygen atoms in total. The number of methoxy groups -OCH3 is 1. The van der Waals surface area contributed by atoms with E-state index in [1.807, 2.05) is 12.3 Å². The highest BCUT2D eigenvalue weighted by Gasteiger charge is 2.11. The molecule has 1 aromatic carbocycles. The second kappa shape index (κ2) is 6.11. The zero-order chi connectivity index (χ0) is 13.8. The van der Waals surface area contributed by atoms with Crippen molar-refractivity contribution in [1.82, 2.24) is 5.32 Å². The van der Waals surface area contributed by atoms with E-state index in [-0.39, 0.29) is 0 Å². The Morgan fingerprint density at radius 2 is 2.11 bits per heavy atom. The summed E-state index contributed by atoms with van der Waals surface area (Å²) >= 11 is 0. The van der Waals surface area contributed by atoms with Crippen molar-refractivity contribution in [2.45, 2.75) is 27.2 Å². The number of fused-ring (bicyclic) bond motifs is 1. The average Bonchev–Trinajstić information content (AvgIpc) is 2.76. The van der Waals surface area contributed by atoms with Crippen LogP contribution in [0.2, 0.25) is 0 Å². The number of hydrogen-bond acceptors (Lipinski definition) is 3. The summed E-state index contributed by atoms with van der Waals surface area (Å²) < 4.78 is 11.0. The number of rotatable bonds is 6. The van der Waals surface area contributed by atoms with Gasteiger partial charge in [-0.05, 0) is 55.6 Å². The lowest BCUT2D eigenvalue weighted by molar-refractivity contribution is 0.410. The Bertz CT molecular complexity index is 543. The van der Waals surface area contributed by atoms with Crippen molar-refractivity contribution >= 4 is 11.0 Å². The van der Waals surface area contributed by atoms with Crippen LogP contribution in [0.5, 0.6) is 5.75 Å². The van der Waals surface area contributed by atoms with Crippen LogP contribution in [0.4, 0.5) is 0 Å². The van der Waals surface area contributed by atoms with Crippen LogP contribution in [0.1, 0.15) is 25.0 Å². The third kappa shape index (κ3) is 3.29. The minimum atomic E-state index is 0.684. The van der Waals surface area contributed by atoms with E-state index in [0.717, 1.165) is 30.8 Å². The Kier molecular flexibility index (Phi) is 4.48. The van der Waals surface area contributed by atoms with Crippen LogP contribution in [0, 0.1) is 12.8 Å². The number of ether oxygens (including phenoxy) is 1. The van der Waals surface area contributed by atoms with Gasteiger partial charge in [-0.25, -0.2) is 0 Å². The van der Waals surface area contributed by atoms with Crippen molar-refractivity contribution in [1.29, 1.82) is 0 Å². The number of aryl methyl sites for hydroxylation is 1. The zero-order valence-corrected chi connectivity index (χ0v) is 12.2. The Labute approximate surface area is 114 Å². The van der Waals surface area contributed by atoms with Crippen LogP contribution in [0.15, 0.2) is 22.8 Å². The second-order valence-electron chi connectivity index (χ2n) is 5.45. The summed E-state index contributed by atoms with van der Waals surface area (Å²) in [5.41, 5.74) is 3.29. The molecule has 1 heterocycles. The van der Waals surface area contributed by atoms with Crippen molar-refractivity contribution in [3.8, 4) is 5.75 Å². The maximum absolute atomic E-state index is 5.65. The summed E-state index contributed by atoms with van der Waals surface area (Å²) in [7, 11) is 1.68. The van der Waals surface area contributed by atoms with Crippen LogP contribution in [0.3, 0.4) is 0 Å². The first-order chi connectivity index (χ1) is 9.11. The van der Waals surface area contributed by atoms with Gasteiger partial charge < -0.3 is 14.5 Å². The molecule has 0 saturated heterocycles. The predicted octanol–water partition coefficient (Wildman–Crippen LogP) is 3.54. The van der Waals surface area contributed by atoms with Gasteiger partial charge in [-0.1, -0.05) is 13.8 Å². The van der Waals surface area contributed by atoms with Crippen molar-refractivity contribution in [3.63, 3.8) is 0 Å². The Hall–Kier alpha value is -1.48. The van der Waals surface area contributed by atoms with E-state index < -0.39 is 0 Å². The fourth-order valence-electron chi connectivity index (χ4n) is 2.25. The van der Waals surface area contributed by atoms with Gasteiger partial charge in [-0.3, -0.25) is 0 Å². The zero-order valence-electron chi connectivity index (χ0n) is 12.2. The van der Waals surface area contributed by atoms with E-state index in [9.17, 15) is 0 Å². The first-order valence-corrected chi connectivity index (χ1v) is 6.87. The summed E-state index contributed by atoms with van der Waals surface area (Å²) in [4.78, 5) is 0. The van der Waals surface area contributed by atoms with Crippen LogP contribution in [-0.4, -0.2) is 20.2 Å². The van der Waals surface area contributed by atoms with E-state index in [2.05, 4.69) is 32.2 Å². The van der Waals surface area contributed by atoms with Crippen LogP contribution >= 0.6 is 0 Å². The fourth-order valence-corrected chi connectivity index (χ4v) is 2.25. The molecule has 0 radical (unpaired) electrons. The average molecular weight is 261 g/mol. The molecule has 0 amide bonds. The van der Waals surface area contributed by atoms with Crippen LogP contribution in [-0.2, 0) is 6.42 Å². The van der Waals surface area contributed by atoms with Gasteiger partial charge in [0.1, 0.15) is 0 Å². The molecular formula is C16H23NO2. The van der Waals surface area contributed by atoms with Crippen molar-refractivity contribution < 1.29 is 9.15 Å². The van der Waals surface area contributed by atoms with E-state index in [0.29, 0.717) is 5.92 Å². The quantitative estimate of drug-likeness (QED) is 0.808. The summed E-state index contributed by atoms with van der Waals surface area (Å²) in [5.74, 6) is 1.50. The third-order valence-corrected chi connectivity index (χ3v) is 3.21. The van der Waals surface area contributed by atoms with E-state index in [1.165, 1.54) is 16.5 Å². The molecule has 0 aliphatic heterocycles. The summed E-state index contributed by atoms with van der Waals surface area (Å²) in [6.07, 6.45) is 2.83. The van der Waals surface area contributed by atoms with Gasteiger partial charge in [0.05, 0.1) is 13.4 Å². The molecule has 0 fully saturated rings. The lowest BCUT2D eigenvalue weighted by Gasteiger charge is -2.07. The van der Waals surface area contributed by atoms with Crippen LogP contribution < -0.4 is 10.1 Å². The molecule has 19 heavy (non-hydrogen) atoms. The fraction of sp³-hybridized carbons (Fsp3) is 0.500. The van der Waals surface area contributed by atoms with E-state index in [1.54, 1.807) is 7.11 Å². The SMILES string of the molecule is COc1cc(C)cc2c(CCNCC(C)C)coc12. The van der Waals surface area contributed by atoms with Crippen molar-refractivity contribution in [2.24, 2.45) is 5.92 Å². The summed E-state index contributed by atoms with van der Waals surface area (Å²) in [5, 5.41) is 4.63. The minimum Gasteiger partial charge on any atom is -0.493 e. The number of hydrogen-bond donors (Lipinski definition) is 1. The molecular weight excluding hydrogens is 238 g/mol. The number of nitrogens with one attached hydrogen (secondary N) is 1. The monoisotopic (exact) mass is 261 g/mol. The van der Waals surface area contributed by atoms with Gasteiger partial charge in [-0.2, -0.15) is 0 Å². The first kappa shape index (κ1) is 13.9. The molecule has 1 aromatic heterocycles. The maximum Gasteiger partial charge on any atom is 0.175 e. The number of furan rings is 1. The van der Waals surface area contributed by atoms with Crippen LogP contribution in [0.25, 0.3) is 11.0 Å². The molecule has 0 unspecified atom stereocenters. The molecule has 0 bridgehead atoms. The maximum atomic E-state index is 5.65. The molecule has 0 atom stereocenters. The normalized spacial score (nSPS) is 11.4. The Morgan fingerprint density at radius 1 is 1.32 bits per heavy atom. The molecule has 2 aromatic rings. The highest BCUT2D eigenvalue weighted by Crippen LogP contribution is 2.31. The predicted molar refractivity (Wildman–Crippen MR) is 78.9 cm³/mol. The standard InChI is InChI=1S/C16H23NO2/c1-11(2)9-17-6-5-13-10-19-16-14(13)7-12(3)8-15(16)18-4/h7-8,10-11,17H,5-6,9H2,1-4H3. The van der Waals surface area contributed by atoms with E-state index in [4.69, 9.17) is 9.15 Å². The topological polar surface area (TPSA) is 34.4 Å². The van der Waals surface area contributed by atoms with Crippen molar-refractivity contribution in [3.05, 3.63) is 29.5 Å². The second-order valence-corrected chi connectivity index (χ2v) is 5.45. The van der Waals surface area contributed by atoms with Gasteiger partial charge in [-0.15, -0.1) is 0 Å². The van der Waals surface area contributed by atoms with E-state index >= 15 is 0 Å². The molecule has 1 N–H and O–H groups in total. The third-order valence-electron chi connectivity index (χ3n) is 3.21. The Balaban J connectivity index is 2.13. The summed E-state index contributed by atoms with van der Waals surface area (Å²) in [6.45, 7) is 8.54. The summed E-state index contributed by atoms with van der Waals surface area (Å²) in [6, 6.07) is 4.17. The van der Waals surface area contributed by atoms with Gasteiger partial charge in [0.25, 0.3) is 0 Å².